The van der Waals surface area contributed by atoms with Gasteiger partial charge in [-0.3, -0.25) is 15.0 Å². The molecule has 0 spiro atoms. The highest BCUT2D eigenvalue weighted by Crippen LogP contribution is 2.26. The van der Waals surface area contributed by atoms with E-state index in [4.69, 9.17) is 30.6 Å². The van der Waals surface area contributed by atoms with Crippen LogP contribution in [0.2, 0.25) is 0 Å². The normalized spacial score (nSPS) is 12.0. The second-order valence-electron chi connectivity index (χ2n) is 7.31. The van der Waals surface area contributed by atoms with Crippen LogP contribution in [0.3, 0.4) is 0 Å². The molecule has 2 rings (SSSR count). The van der Waals surface area contributed by atoms with Gasteiger partial charge in [0.1, 0.15) is 11.8 Å². The number of sulfonamides is 1. The number of halogens is 5. The van der Waals surface area contributed by atoms with Crippen molar-refractivity contribution in [2.45, 2.75) is 30.0 Å². The number of alkyl halides is 3. The molecule has 1 atom stereocenters. The number of hydroxylamine groups is 1. The Morgan fingerprint density at radius 3 is 2.13 bits per heavy atom. The summed E-state index contributed by atoms with van der Waals surface area (Å²) in [7, 11) is -4.04. The number of guanidine groups is 1. The summed E-state index contributed by atoms with van der Waals surface area (Å²) in [4.78, 5) is 25.4. The average molecular weight is 708 g/mol. The van der Waals surface area contributed by atoms with Crippen LogP contribution in [0.5, 0.6) is 5.75 Å². The topological polar surface area (TPSA) is 201 Å². The predicted octanol–water partition coefficient (Wildman–Crippen LogP) is 3.00. The van der Waals surface area contributed by atoms with Gasteiger partial charge in [-0.15, -0.1) is 0 Å². The van der Waals surface area contributed by atoms with Crippen molar-refractivity contribution in [2.75, 3.05) is 13.2 Å². The third-order valence-electron chi connectivity index (χ3n) is 4.24. The molecule has 0 saturated heterocycles. The summed E-state index contributed by atoms with van der Waals surface area (Å²) in [5, 5.41) is 23.6. The molecule has 0 unspecified atom stereocenters. The first-order chi connectivity index (χ1) is 18.0. The summed E-state index contributed by atoms with van der Waals surface area (Å²) < 4.78 is 66.0. The lowest BCUT2D eigenvalue weighted by atomic mass is 10.1. The fourth-order valence-corrected chi connectivity index (χ4v) is 4.48. The zero-order chi connectivity index (χ0) is 29.8. The maximum Gasteiger partial charge on any atom is 0.490 e. The van der Waals surface area contributed by atoms with Crippen LogP contribution in [0, 0.1) is 5.41 Å². The van der Waals surface area contributed by atoms with Crippen molar-refractivity contribution in [3.8, 4) is 5.75 Å². The number of ether oxygens (including phenoxy) is 1. The number of carbonyl (C=O) groups is 2. The molecule has 0 amide bonds. The first-order valence-electron chi connectivity index (χ1n) is 10.5. The van der Waals surface area contributed by atoms with Crippen LogP contribution < -0.4 is 20.7 Å². The first-order valence-corrected chi connectivity index (χ1v) is 13.5. The Labute approximate surface area is 237 Å². The maximum absolute atomic E-state index is 12.6. The summed E-state index contributed by atoms with van der Waals surface area (Å²) in [5.41, 5.74) is 7.92. The highest BCUT2D eigenvalue weighted by Gasteiger charge is 2.38. The molecule has 7 N–H and O–H groups in total. The van der Waals surface area contributed by atoms with Crippen LogP contribution in [-0.4, -0.2) is 62.0 Å². The molecule has 0 aliphatic heterocycles. The van der Waals surface area contributed by atoms with E-state index < -0.39 is 34.2 Å². The van der Waals surface area contributed by atoms with Crippen LogP contribution in [-0.2, 0) is 30.9 Å². The van der Waals surface area contributed by atoms with Gasteiger partial charge in [0.25, 0.3) is 0 Å². The zero-order valence-corrected chi connectivity index (χ0v) is 23.7. The van der Waals surface area contributed by atoms with Gasteiger partial charge in [0.15, 0.2) is 0 Å². The van der Waals surface area contributed by atoms with Gasteiger partial charge >= 0.3 is 18.1 Å². The van der Waals surface area contributed by atoms with Crippen LogP contribution in [0.4, 0.5) is 13.2 Å². The number of nitrogens with one attached hydrogen (secondary N) is 3. The molecule has 39 heavy (non-hydrogen) atoms. The standard InChI is InChI=1S/C19H22Br2N4O6S.C2HF3O2/c20-15-7-6-14(11-16(15)21)32(28,29)25-17(18(26)27)10-12-2-4-13(5-3-12)30-8-1-9-31-24-19(22)23;3-2(4,5)1(6)7/h2-7,11,17,25H,1,8-10H2,(H,26,27)(H4,22,23,24);(H,6,7)/t17-;/m0./s1. The molecule has 2 aromatic rings. The number of benzene rings is 2. The molecule has 0 aliphatic rings. The molecule has 0 bridgehead atoms. The van der Waals surface area contributed by atoms with Crippen molar-refractivity contribution in [2.24, 2.45) is 5.73 Å². The molecule has 216 valence electrons. The Morgan fingerprint density at radius 2 is 1.64 bits per heavy atom. The minimum atomic E-state index is -5.08. The molecule has 0 aromatic heterocycles. The number of aliphatic carboxylic acids is 2. The summed E-state index contributed by atoms with van der Waals surface area (Å²) in [5.74, 6) is -3.76. The molecule has 0 fully saturated rings. The Balaban J connectivity index is 0.000000956. The Hall–Kier alpha value is -2.93. The van der Waals surface area contributed by atoms with Gasteiger partial charge in [-0.1, -0.05) is 12.1 Å². The van der Waals surface area contributed by atoms with Crippen molar-refractivity contribution in [3.05, 3.63) is 57.0 Å². The van der Waals surface area contributed by atoms with Crippen LogP contribution in [0.1, 0.15) is 12.0 Å². The van der Waals surface area contributed by atoms with E-state index in [1.54, 1.807) is 30.3 Å². The van der Waals surface area contributed by atoms with Gasteiger partial charge < -0.3 is 20.7 Å². The summed E-state index contributed by atoms with van der Waals surface area (Å²) in [6.45, 7) is 0.659. The van der Waals surface area contributed by atoms with E-state index in [1.807, 2.05) is 0 Å². The van der Waals surface area contributed by atoms with Gasteiger partial charge in [0.05, 0.1) is 18.1 Å². The molecule has 2 aromatic carbocycles. The number of hydrogen-bond acceptors (Lipinski definition) is 7. The zero-order valence-electron chi connectivity index (χ0n) is 19.7. The third-order valence-corrected chi connectivity index (χ3v) is 7.59. The lowest BCUT2D eigenvalue weighted by molar-refractivity contribution is -0.192. The molecule has 18 heteroatoms. The average Bonchev–Trinajstić information content (AvgIpc) is 2.83. The first kappa shape index (κ1) is 34.1. The van der Waals surface area contributed by atoms with Gasteiger partial charge in [0.2, 0.25) is 16.0 Å². The quantitative estimate of drug-likeness (QED) is 0.0825. The van der Waals surface area contributed by atoms with Gasteiger partial charge in [-0.25, -0.2) is 18.7 Å². The van der Waals surface area contributed by atoms with Crippen molar-refractivity contribution in [1.29, 1.82) is 5.41 Å². The van der Waals surface area contributed by atoms with Crippen molar-refractivity contribution < 1.29 is 51.0 Å². The molecule has 0 heterocycles. The van der Waals surface area contributed by atoms with E-state index in [9.17, 15) is 31.5 Å². The van der Waals surface area contributed by atoms with E-state index >= 15 is 0 Å². The van der Waals surface area contributed by atoms with Gasteiger partial charge in [0, 0.05) is 15.4 Å². The van der Waals surface area contributed by atoms with Gasteiger partial charge in [-0.05, 0) is 74.2 Å². The van der Waals surface area contributed by atoms with Gasteiger partial charge in [-0.2, -0.15) is 17.9 Å². The van der Waals surface area contributed by atoms with E-state index in [0.717, 1.165) is 0 Å². The highest BCUT2D eigenvalue weighted by molar-refractivity contribution is 9.13. The number of hydrogen-bond donors (Lipinski definition) is 6. The lowest BCUT2D eigenvalue weighted by Gasteiger charge is -2.16. The Kier molecular flexibility index (Phi) is 13.6. The molecule has 0 radical (unpaired) electrons. The van der Waals surface area contributed by atoms with Crippen LogP contribution in [0.25, 0.3) is 0 Å². The minimum Gasteiger partial charge on any atom is -0.494 e. The summed E-state index contributed by atoms with van der Waals surface area (Å²) in [6, 6.07) is 9.65. The van der Waals surface area contributed by atoms with E-state index in [2.05, 4.69) is 42.1 Å². The Bertz CT molecular complexity index is 1250. The smallest absolute Gasteiger partial charge is 0.490 e. The SMILES string of the molecule is N=C(N)NOCCCOc1ccc(C[C@H](NS(=O)(=O)c2ccc(Br)c(Br)c2)C(=O)O)cc1.O=C(O)C(F)(F)F. The highest BCUT2D eigenvalue weighted by atomic mass is 79.9. The van der Waals surface area contributed by atoms with Crippen LogP contribution >= 0.6 is 31.9 Å². The maximum atomic E-state index is 12.6. The lowest BCUT2D eigenvalue weighted by Crippen LogP contribution is -2.42. The number of carboxylic acid groups (broad SMARTS) is 2. The molecular weight excluding hydrogens is 685 g/mol. The number of carboxylic acids is 2. The number of nitrogens with two attached hydrogens (primary N) is 1. The number of rotatable bonds is 12. The molecule has 12 nitrogen and oxygen atoms in total. The Morgan fingerprint density at radius 1 is 1.05 bits per heavy atom. The fraction of sp³-hybridized carbons (Fsp3) is 0.286. The van der Waals surface area contributed by atoms with Crippen molar-refractivity contribution in [1.82, 2.24) is 10.2 Å². The second kappa shape index (κ2) is 15.6. The van der Waals surface area contributed by atoms with E-state index in [1.165, 1.54) is 12.1 Å². The molecule has 0 saturated carbocycles. The largest absolute Gasteiger partial charge is 0.494 e. The second-order valence-corrected chi connectivity index (χ2v) is 10.7. The van der Waals surface area contributed by atoms with Crippen molar-refractivity contribution in [3.63, 3.8) is 0 Å². The van der Waals surface area contributed by atoms with E-state index in [0.29, 0.717) is 39.9 Å². The summed E-state index contributed by atoms with van der Waals surface area (Å²) >= 11 is 6.50. The van der Waals surface area contributed by atoms with E-state index in [-0.39, 0.29) is 17.3 Å². The minimum absolute atomic E-state index is 0.0445. The summed E-state index contributed by atoms with van der Waals surface area (Å²) in [6.07, 6.45) is -4.58. The third kappa shape index (κ3) is 13.1. The molecule has 0 aliphatic carbocycles. The van der Waals surface area contributed by atoms with Crippen LogP contribution in [0.15, 0.2) is 56.3 Å². The monoisotopic (exact) mass is 706 g/mol. The fourth-order valence-electron chi connectivity index (χ4n) is 2.49. The predicted molar refractivity (Wildman–Crippen MR) is 139 cm³/mol. The van der Waals surface area contributed by atoms with Crippen molar-refractivity contribution >= 4 is 59.8 Å². The molecular formula is C21H23Br2F3N4O8S.